The summed E-state index contributed by atoms with van der Waals surface area (Å²) in [6, 6.07) is 6.20. The van der Waals surface area contributed by atoms with Crippen LogP contribution in [0.1, 0.15) is 29.4 Å². The maximum absolute atomic E-state index is 13.0. The van der Waals surface area contributed by atoms with E-state index < -0.39 is 5.97 Å². The molecule has 0 aliphatic heterocycles. The summed E-state index contributed by atoms with van der Waals surface area (Å²) in [7, 11) is 0. The highest BCUT2D eigenvalue weighted by Crippen LogP contribution is 2.39. The van der Waals surface area contributed by atoms with Gasteiger partial charge in [0.2, 0.25) is 0 Å². The zero-order valence-electron chi connectivity index (χ0n) is 8.48. The molecule has 1 aromatic carbocycles. The van der Waals surface area contributed by atoms with E-state index in [1.54, 1.807) is 16.7 Å². The average Bonchev–Trinajstić information content (AvgIpc) is 2.99. The third-order valence-corrected chi connectivity index (χ3v) is 2.93. The minimum absolute atomic E-state index is 0.253. The third kappa shape index (κ3) is 1.30. The van der Waals surface area contributed by atoms with E-state index in [2.05, 4.69) is 0 Å². The Kier molecular flexibility index (Phi) is 1.80. The predicted octanol–water partition coefficient (Wildman–Crippen LogP) is 2.81. The molecule has 0 atom stereocenters. The van der Waals surface area contributed by atoms with Gasteiger partial charge < -0.3 is 9.67 Å². The quantitative estimate of drug-likeness (QED) is 0.843. The van der Waals surface area contributed by atoms with Gasteiger partial charge in [0.25, 0.3) is 0 Å². The van der Waals surface area contributed by atoms with Crippen molar-refractivity contribution in [3.05, 3.63) is 35.8 Å². The van der Waals surface area contributed by atoms with Gasteiger partial charge in [0.1, 0.15) is 11.5 Å². The Balaban J connectivity index is 2.32. The number of hydrogen-bond donors (Lipinski definition) is 1. The first kappa shape index (κ1) is 9.39. The van der Waals surface area contributed by atoms with Crippen molar-refractivity contribution < 1.29 is 14.3 Å². The minimum atomic E-state index is -0.955. The molecule has 0 bridgehead atoms. The number of carboxylic acid groups (broad SMARTS) is 1. The van der Waals surface area contributed by atoms with Crippen molar-refractivity contribution in [2.24, 2.45) is 0 Å². The predicted molar refractivity (Wildman–Crippen MR) is 57.1 cm³/mol. The molecule has 82 valence electrons. The van der Waals surface area contributed by atoms with Gasteiger partial charge in [0.05, 0.1) is 0 Å². The smallest absolute Gasteiger partial charge is 0.352 e. The first-order valence-electron chi connectivity index (χ1n) is 5.20. The lowest BCUT2D eigenvalue weighted by Crippen LogP contribution is -2.06. The Labute approximate surface area is 91.1 Å². The zero-order valence-corrected chi connectivity index (χ0v) is 8.48. The molecule has 4 heteroatoms. The van der Waals surface area contributed by atoms with Crippen LogP contribution in [0.2, 0.25) is 0 Å². The number of fused-ring (bicyclic) bond motifs is 1. The van der Waals surface area contributed by atoms with Crippen LogP contribution in [-0.4, -0.2) is 15.6 Å². The largest absolute Gasteiger partial charge is 0.477 e. The van der Waals surface area contributed by atoms with Crippen molar-refractivity contribution in [3.8, 4) is 0 Å². The minimum Gasteiger partial charge on any atom is -0.477 e. The number of carboxylic acids is 1. The summed E-state index contributed by atoms with van der Waals surface area (Å²) in [5.74, 6) is -1.29. The molecule has 1 fully saturated rings. The van der Waals surface area contributed by atoms with E-state index >= 15 is 0 Å². The average molecular weight is 219 g/mol. The lowest BCUT2D eigenvalue weighted by atomic mass is 10.2. The molecule has 1 aromatic heterocycles. The van der Waals surface area contributed by atoms with E-state index in [1.165, 1.54) is 12.1 Å². The molecular weight excluding hydrogens is 209 g/mol. The van der Waals surface area contributed by atoms with Gasteiger partial charge in [0, 0.05) is 16.9 Å². The Morgan fingerprint density at radius 2 is 2.12 bits per heavy atom. The molecule has 0 amide bonds. The normalized spacial score (nSPS) is 15.6. The van der Waals surface area contributed by atoms with Crippen molar-refractivity contribution in [1.82, 2.24) is 4.57 Å². The van der Waals surface area contributed by atoms with Gasteiger partial charge in [-0.3, -0.25) is 0 Å². The van der Waals surface area contributed by atoms with E-state index in [9.17, 15) is 9.18 Å². The monoisotopic (exact) mass is 219 g/mol. The van der Waals surface area contributed by atoms with Gasteiger partial charge in [-0.2, -0.15) is 0 Å². The molecule has 3 nitrogen and oxygen atoms in total. The van der Waals surface area contributed by atoms with Crippen LogP contribution in [0.4, 0.5) is 4.39 Å². The lowest BCUT2D eigenvalue weighted by Gasteiger charge is -2.05. The SMILES string of the molecule is O=C(O)c1cc2cc(F)ccc2n1C1CC1. The second-order valence-electron chi connectivity index (χ2n) is 4.14. The molecule has 1 saturated carbocycles. The number of aromatic carboxylic acids is 1. The van der Waals surface area contributed by atoms with Crippen LogP contribution in [0.15, 0.2) is 24.3 Å². The maximum Gasteiger partial charge on any atom is 0.352 e. The van der Waals surface area contributed by atoms with Gasteiger partial charge in [0.15, 0.2) is 0 Å². The van der Waals surface area contributed by atoms with Crippen LogP contribution in [0, 0.1) is 5.82 Å². The number of aromatic nitrogens is 1. The second-order valence-corrected chi connectivity index (χ2v) is 4.14. The van der Waals surface area contributed by atoms with Gasteiger partial charge in [-0.05, 0) is 37.1 Å². The molecule has 2 aromatic rings. The van der Waals surface area contributed by atoms with Crippen molar-refractivity contribution in [1.29, 1.82) is 0 Å². The summed E-state index contributed by atoms with van der Waals surface area (Å²) in [5, 5.41) is 9.75. The van der Waals surface area contributed by atoms with E-state index in [1.807, 2.05) is 0 Å². The molecule has 1 aliphatic rings. The highest BCUT2D eigenvalue weighted by Gasteiger charge is 2.29. The molecular formula is C12H10FNO2. The van der Waals surface area contributed by atoms with Crippen LogP contribution in [0.3, 0.4) is 0 Å². The van der Waals surface area contributed by atoms with Crippen LogP contribution < -0.4 is 0 Å². The van der Waals surface area contributed by atoms with Gasteiger partial charge in [-0.1, -0.05) is 0 Å². The Hall–Kier alpha value is -1.84. The molecule has 0 unspecified atom stereocenters. The number of benzene rings is 1. The van der Waals surface area contributed by atoms with Crippen LogP contribution in [0.25, 0.3) is 10.9 Å². The fraction of sp³-hybridized carbons (Fsp3) is 0.250. The van der Waals surface area contributed by atoms with Crippen molar-refractivity contribution in [2.45, 2.75) is 18.9 Å². The van der Waals surface area contributed by atoms with Crippen LogP contribution in [0.5, 0.6) is 0 Å². The fourth-order valence-corrected chi connectivity index (χ4v) is 2.10. The molecule has 0 saturated heterocycles. The summed E-state index contributed by atoms with van der Waals surface area (Å²) in [4.78, 5) is 11.1. The molecule has 0 spiro atoms. The van der Waals surface area contributed by atoms with E-state index in [4.69, 9.17) is 5.11 Å². The maximum atomic E-state index is 13.0. The van der Waals surface area contributed by atoms with Gasteiger partial charge in [-0.15, -0.1) is 0 Å². The summed E-state index contributed by atoms with van der Waals surface area (Å²) < 4.78 is 14.8. The van der Waals surface area contributed by atoms with Crippen molar-refractivity contribution in [2.75, 3.05) is 0 Å². The number of hydrogen-bond acceptors (Lipinski definition) is 1. The Bertz CT molecular complexity index is 584. The van der Waals surface area contributed by atoms with E-state index in [0.29, 0.717) is 5.39 Å². The first-order chi connectivity index (χ1) is 7.66. The summed E-state index contributed by atoms with van der Waals surface area (Å²) in [6.45, 7) is 0. The number of carbonyl (C=O) groups is 1. The van der Waals surface area contributed by atoms with Crippen LogP contribution >= 0.6 is 0 Å². The van der Waals surface area contributed by atoms with E-state index in [-0.39, 0.29) is 17.6 Å². The molecule has 1 heterocycles. The molecule has 16 heavy (non-hydrogen) atoms. The number of rotatable bonds is 2. The van der Waals surface area contributed by atoms with Gasteiger partial charge in [-0.25, -0.2) is 9.18 Å². The molecule has 1 N–H and O–H groups in total. The number of nitrogens with zero attached hydrogens (tertiary/aromatic N) is 1. The van der Waals surface area contributed by atoms with Crippen LogP contribution in [-0.2, 0) is 0 Å². The standard InChI is InChI=1S/C12H10FNO2/c13-8-1-4-10-7(5-8)6-11(12(15)16)14(10)9-2-3-9/h1,4-6,9H,2-3H2,(H,15,16). The number of halogens is 1. The summed E-state index contributed by atoms with van der Waals surface area (Å²) in [6.07, 6.45) is 2.00. The highest BCUT2D eigenvalue weighted by molar-refractivity contribution is 5.94. The topological polar surface area (TPSA) is 42.2 Å². The highest BCUT2D eigenvalue weighted by atomic mass is 19.1. The lowest BCUT2D eigenvalue weighted by molar-refractivity contribution is 0.0685. The zero-order chi connectivity index (χ0) is 11.3. The van der Waals surface area contributed by atoms with Gasteiger partial charge >= 0.3 is 5.97 Å². The van der Waals surface area contributed by atoms with Crippen molar-refractivity contribution in [3.63, 3.8) is 0 Å². The summed E-state index contributed by atoms with van der Waals surface area (Å²) in [5.41, 5.74) is 1.06. The van der Waals surface area contributed by atoms with E-state index in [0.717, 1.165) is 18.4 Å². The Morgan fingerprint density at radius 1 is 1.38 bits per heavy atom. The van der Waals surface area contributed by atoms with Crippen molar-refractivity contribution >= 4 is 16.9 Å². The summed E-state index contributed by atoms with van der Waals surface area (Å²) >= 11 is 0. The molecule has 0 radical (unpaired) electrons. The fourth-order valence-electron chi connectivity index (χ4n) is 2.10. The molecule has 1 aliphatic carbocycles. The second kappa shape index (κ2) is 3.07. The first-order valence-corrected chi connectivity index (χ1v) is 5.20. The Morgan fingerprint density at radius 3 is 2.75 bits per heavy atom. The third-order valence-electron chi connectivity index (χ3n) is 2.93. The molecule has 3 rings (SSSR count).